The average molecular weight is 463 g/mol. The van der Waals surface area contributed by atoms with E-state index in [1.165, 1.54) is 11.1 Å². The third-order valence-corrected chi connectivity index (χ3v) is 6.95. The molecule has 1 aromatic heterocycles. The molecule has 0 radical (unpaired) electrons. The van der Waals surface area contributed by atoms with Crippen LogP contribution in [0.5, 0.6) is 0 Å². The van der Waals surface area contributed by atoms with E-state index in [9.17, 15) is 9.59 Å². The molecule has 3 aromatic rings. The van der Waals surface area contributed by atoms with E-state index in [0.717, 1.165) is 24.3 Å². The van der Waals surface area contributed by atoms with E-state index >= 15 is 0 Å². The first kappa shape index (κ1) is 21.7. The normalized spacial score (nSPS) is 19.2. The van der Waals surface area contributed by atoms with Crippen LogP contribution in [0.4, 0.5) is 11.4 Å². The highest BCUT2D eigenvalue weighted by Gasteiger charge is 2.43. The molecule has 33 heavy (non-hydrogen) atoms. The van der Waals surface area contributed by atoms with Crippen molar-refractivity contribution in [3.8, 4) is 0 Å². The van der Waals surface area contributed by atoms with Crippen LogP contribution in [0.25, 0.3) is 0 Å². The molecule has 170 valence electrons. The molecule has 0 spiro atoms. The highest BCUT2D eigenvalue weighted by atomic mass is 35.5. The van der Waals surface area contributed by atoms with Crippen LogP contribution < -0.4 is 9.80 Å². The molecule has 5 rings (SSSR count). The van der Waals surface area contributed by atoms with E-state index in [2.05, 4.69) is 41.6 Å². The number of anilines is 2. The number of nitrogens with zero attached hydrogens (tertiary/aromatic N) is 4. The molecule has 0 N–H and O–H groups in total. The number of rotatable bonds is 5. The predicted molar refractivity (Wildman–Crippen MR) is 130 cm³/mol. The van der Waals surface area contributed by atoms with Gasteiger partial charge in [0, 0.05) is 60.3 Å². The Labute approximate surface area is 198 Å². The highest BCUT2D eigenvalue weighted by molar-refractivity contribution is 6.31. The molecule has 6 nitrogen and oxygen atoms in total. The minimum atomic E-state index is -0.362. The van der Waals surface area contributed by atoms with Crippen LogP contribution in [0.15, 0.2) is 61.2 Å². The topological polar surface area (TPSA) is 58.4 Å². The van der Waals surface area contributed by atoms with Gasteiger partial charge in [0.1, 0.15) is 0 Å². The fourth-order valence-electron chi connectivity index (χ4n) is 4.94. The van der Waals surface area contributed by atoms with Crippen molar-refractivity contribution in [2.75, 3.05) is 22.9 Å². The zero-order valence-corrected chi connectivity index (χ0v) is 19.6. The first-order valence-corrected chi connectivity index (χ1v) is 11.7. The van der Waals surface area contributed by atoms with Crippen LogP contribution in [-0.2, 0) is 28.0 Å². The molecule has 3 heterocycles. The van der Waals surface area contributed by atoms with Gasteiger partial charge in [-0.1, -0.05) is 43.6 Å². The summed E-state index contributed by atoms with van der Waals surface area (Å²) in [7, 11) is 0. The first-order chi connectivity index (χ1) is 15.8. The number of hydrogen-bond acceptors (Lipinski definition) is 3. The molecule has 0 bridgehead atoms. The number of carbonyl (C=O) groups excluding carboxylic acids is 2. The lowest BCUT2D eigenvalue weighted by molar-refractivity contribution is -0.124. The van der Waals surface area contributed by atoms with Crippen molar-refractivity contribution in [2.24, 2.45) is 5.92 Å². The second kappa shape index (κ2) is 8.34. The fraction of sp³-hybridized carbons (Fsp3) is 0.346. The largest absolute Gasteiger partial charge is 0.337 e. The Morgan fingerprint density at radius 1 is 1.21 bits per heavy atom. The van der Waals surface area contributed by atoms with Gasteiger partial charge in [-0.3, -0.25) is 9.59 Å². The van der Waals surface area contributed by atoms with E-state index < -0.39 is 0 Å². The van der Waals surface area contributed by atoms with Crippen LogP contribution in [0, 0.1) is 5.92 Å². The lowest BCUT2D eigenvalue weighted by Gasteiger charge is -2.23. The maximum atomic E-state index is 13.6. The highest BCUT2D eigenvalue weighted by Crippen LogP contribution is 2.42. The summed E-state index contributed by atoms with van der Waals surface area (Å²) in [6, 6.07) is 13.6. The number of fused-ring (bicyclic) bond motifs is 1. The Kier molecular flexibility index (Phi) is 5.49. The van der Waals surface area contributed by atoms with Gasteiger partial charge in [-0.2, -0.15) is 0 Å². The number of carbonyl (C=O) groups is 2. The Balaban J connectivity index is 1.34. The Bertz CT molecular complexity index is 1200. The van der Waals surface area contributed by atoms with Gasteiger partial charge in [-0.05, 0) is 41.8 Å². The van der Waals surface area contributed by atoms with Gasteiger partial charge >= 0.3 is 0 Å². The number of benzene rings is 2. The summed E-state index contributed by atoms with van der Waals surface area (Å²) in [5, 5.41) is 0.578. The number of halogens is 1. The summed E-state index contributed by atoms with van der Waals surface area (Å²) in [4.78, 5) is 33.9. The number of imidazole rings is 1. The lowest BCUT2D eigenvalue weighted by atomic mass is 9.86. The van der Waals surface area contributed by atoms with E-state index in [-0.39, 0.29) is 29.6 Å². The summed E-state index contributed by atoms with van der Waals surface area (Å²) in [6.07, 6.45) is 6.71. The fourth-order valence-corrected chi connectivity index (χ4v) is 5.13. The zero-order chi connectivity index (χ0) is 23.2. The van der Waals surface area contributed by atoms with Crippen LogP contribution in [0.3, 0.4) is 0 Å². The zero-order valence-electron chi connectivity index (χ0n) is 18.9. The van der Waals surface area contributed by atoms with Gasteiger partial charge in [0.2, 0.25) is 11.8 Å². The Morgan fingerprint density at radius 3 is 2.82 bits per heavy atom. The number of aromatic nitrogens is 2. The van der Waals surface area contributed by atoms with E-state index in [1.54, 1.807) is 23.2 Å². The summed E-state index contributed by atoms with van der Waals surface area (Å²) >= 11 is 6.11. The predicted octanol–water partition coefficient (Wildman–Crippen LogP) is 4.46. The maximum absolute atomic E-state index is 13.6. The van der Waals surface area contributed by atoms with Crippen molar-refractivity contribution in [2.45, 2.75) is 38.6 Å². The van der Waals surface area contributed by atoms with Gasteiger partial charge in [0.05, 0.1) is 12.2 Å². The molecule has 1 unspecified atom stereocenters. The summed E-state index contributed by atoms with van der Waals surface area (Å²) in [5.74, 6) is -0.380. The molecular formula is C26H27ClN4O2. The number of hydrogen-bond donors (Lipinski definition) is 0. The van der Waals surface area contributed by atoms with Gasteiger partial charge in [-0.25, -0.2) is 4.98 Å². The quantitative estimate of drug-likeness (QED) is 0.562. The van der Waals surface area contributed by atoms with Gasteiger partial charge in [0.15, 0.2) is 0 Å². The van der Waals surface area contributed by atoms with E-state index in [0.29, 0.717) is 18.1 Å². The summed E-state index contributed by atoms with van der Waals surface area (Å²) < 4.78 is 2.07. The Morgan fingerprint density at radius 2 is 2.06 bits per heavy atom. The molecule has 0 aliphatic carbocycles. The molecule has 2 aliphatic rings. The Hall–Kier alpha value is -3.12. The van der Waals surface area contributed by atoms with Crippen molar-refractivity contribution in [3.63, 3.8) is 0 Å². The maximum Gasteiger partial charge on any atom is 0.232 e. The summed E-state index contributed by atoms with van der Waals surface area (Å²) in [6.45, 7) is 6.22. The van der Waals surface area contributed by atoms with Gasteiger partial charge < -0.3 is 14.4 Å². The molecular weight excluding hydrogens is 436 g/mol. The molecule has 1 saturated heterocycles. The SMILES string of the molecule is CC1(C)CN(C(=O)C2CC(=O)N(c3cccc(Cl)c3)C2)c2ccc(CCn3ccnc3)cc21. The second-order valence-corrected chi connectivity index (χ2v) is 10.0. The monoisotopic (exact) mass is 462 g/mol. The van der Waals surface area contributed by atoms with Crippen LogP contribution in [-0.4, -0.2) is 34.5 Å². The van der Waals surface area contributed by atoms with Gasteiger partial charge in [0.25, 0.3) is 0 Å². The molecule has 2 aromatic carbocycles. The van der Waals surface area contributed by atoms with Gasteiger partial charge in [-0.15, -0.1) is 0 Å². The minimum absolute atomic E-state index is 0.0193. The van der Waals surface area contributed by atoms with E-state index in [1.807, 2.05) is 29.6 Å². The van der Waals surface area contributed by atoms with Crippen molar-refractivity contribution in [1.82, 2.24) is 9.55 Å². The number of amides is 2. The van der Waals surface area contributed by atoms with Crippen molar-refractivity contribution in [1.29, 1.82) is 0 Å². The first-order valence-electron chi connectivity index (χ1n) is 11.3. The van der Waals surface area contributed by atoms with Crippen LogP contribution in [0.1, 0.15) is 31.4 Å². The third-order valence-electron chi connectivity index (χ3n) is 6.71. The second-order valence-electron chi connectivity index (χ2n) is 9.60. The van der Waals surface area contributed by atoms with Crippen molar-refractivity contribution in [3.05, 3.63) is 77.3 Å². The summed E-state index contributed by atoms with van der Waals surface area (Å²) in [5.41, 5.74) is 3.99. The molecule has 7 heteroatoms. The average Bonchev–Trinajstić information content (AvgIpc) is 3.50. The molecule has 2 aliphatic heterocycles. The third kappa shape index (κ3) is 4.15. The van der Waals surface area contributed by atoms with Crippen molar-refractivity contribution < 1.29 is 9.59 Å². The molecule has 1 atom stereocenters. The standard InChI is InChI=1S/C26H27ClN4O2/c1-26(2)16-31(23-7-6-18(12-22(23)26)8-10-29-11-9-28-17-29)25(33)19-13-24(32)30(15-19)21-5-3-4-20(27)14-21/h3-7,9,11-12,14,17,19H,8,10,13,15-16H2,1-2H3. The minimum Gasteiger partial charge on any atom is -0.337 e. The molecule has 2 amide bonds. The number of aryl methyl sites for hydroxylation is 2. The lowest BCUT2D eigenvalue weighted by Crippen LogP contribution is -2.39. The molecule has 1 fully saturated rings. The van der Waals surface area contributed by atoms with Crippen LogP contribution >= 0.6 is 11.6 Å². The molecule has 0 saturated carbocycles. The van der Waals surface area contributed by atoms with Crippen LogP contribution in [0.2, 0.25) is 5.02 Å². The van der Waals surface area contributed by atoms with E-state index in [4.69, 9.17) is 11.6 Å². The van der Waals surface area contributed by atoms with Crippen molar-refractivity contribution >= 4 is 34.8 Å². The smallest absolute Gasteiger partial charge is 0.232 e.